The summed E-state index contributed by atoms with van der Waals surface area (Å²) in [5.41, 5.74) is 3.15. The van der Waals surface area contributed by atoms with Crippen molar-refractivity contribution in [3.63, 3.8) is 0 Å². The van der Waals surface area contributed by atoms with Crippen LogP contribution < -0.4 is 10.1 Å². The molecule has 0 aliphatic carbocycles. The molecule has 0 saturated heterocycles. The number of carbonyl (C=O) groups excluding carboxylic acids is 2. The van der Waals surface area contributed by atoms with E-state index in [1.54, 1.807) is 37.4 Å². The molecule has 0 saturated carbocycles. The van der Waals surface area contributed by atoms with Crippen LogP contribution in [0, 0.1) is 13.8 Å². The lowest BCUT2D eigenvalue weighted by Gasteiger charge is -2.19. The first-order chi connectivity index (χ1) is 14.4. The second-order valence-corrected chi connectivity index (χ2v) is 8.10. The van der Waals surface area contributed by atoms with Gasteiger partial charge < -0.3 is 14.8 Å². The van der Waals surface area contributed by atoms with Crippen molar-refractivity contribution < 1.29 is 19.1 Å². The maximum atomic E-state index is 13.1. The van der Waals surface area contributed by atoms with Crippen LogP contribution in [-0.4, -0.2) is 19.0 Å². The van der Waals surface area contributed by atoms with Crippen LogP contribution in [0.25, 0.3) is 0 Å². The third kappa shape index (κ3) is 4.89. The second kappa shape index (κ2) is 9.59. The lowest BCUT2D eigenvalue weighted by atomic mass is 10.1. The van der Waals surface area contributed by atoms with Gasteiger partial charge in [-0.15, -0.1) is 11.3 Å². The third-order valence-electron chi connectivity index (χ3n) is 4.72. The van der Waals surface area contributed by atoms with Crippen LogP contribution in [-0.2, 0) is 16.0 Å². The first kappa shape index (κ1) is 21.6. The topological polar surface area (TPSA) is 64.6 Å². The van der Waals surface area contributed by atoms with Crippen molar-refractivity contribution >= 4 is 28.9 Å². The van der Waals surface area contributed by atoms with E-state index in [2.05, 4.69) is 5.32 Å². The summed E-state index contributed by atoms with van der Waals surface area (Å²) in [6.07, 6.45) is -0.240. The smallest absolute Gasteiger partial charge is 0.349 e. The number of aryl methyl sites for hydroxylation is 3. The Labute approximate surface area is 180 Å². The second-order valence-electron chi connectivity index (χ2n) is 6.96. The van der Waals surface area contributed by atoms with Gasteiger partial charge in [-0.05, 0) is 49.6 Å². The first-order valence-corrected chi connectivity index (χ1v) is 10.5. The number of anilines is 1. The number of benzene rings is 2. The van der Waals surface area contributed by atoms with E-state index in [0.717, 1.165) is 22.4 Å². The van der Waals surface area contributed by atoms with Crippen molar-refractivity contribution in [1.29, 1.82) is 0 Å². The summed E-state index contributed by atoms with van der Waals surface area (Å²) in [7, 11) is 1.54. The highest BCUT2D eigenvalue weighted by Gasteiger charge is 2.27. The number of carbonyl (C=O) groups is 2. The summed E-state index contributed by atoms with van der Waals surface area (Å²) in [5.74, 6) is -0.418. The highest BCUT2D eigenvalue weighted by atomic mass is 32.1. The summed E-state index contributed by atoms with van der Waals surface area (Å²) >= 11 is 1.40. The molecule has 0 radical (unpaired) electrons. The number of nitrogens with one attached hydrogen (secondary N) is 1. The van der Waals surface area contributed by atoms with Gasteiger partial charge in [0, 0.05) is 10.4 Å². The van der Waals surface area contributed by atoms with E-state index < -0.39 is 18.0 Å². The Balaban J connectivity index is 1.88. The highest BCUT2D eigenvalue weighted by molar-refractivity contribution is 7.14. The van der Waals surface area contributed by atoms with Crippen molar-refractivity contribution in [2.45, 2.75) is 33.3 Å². The standard InChI is InChI=1S/C24H25NO4S/c1-5-20-16(3)14-21(30-20)24(27)29-22(17-9-7-6-8-10-17)23(26)25-18-13-15(2)11-12-19(18)28-4/h6-14,22H,5H2,1-4H3,(H,25,26)/t22-/m0/s1. The third-order valence-corrected chi connectivity index (χ3v) is 6.08. The van der Waals surface area contributed by atoms with Gasteiger partial charge in [0.15, 0.2) is 0 Å². The van der Waals surface area contributed by atoms with Crippen molar-refractivity contribution in [2.24, 2.45) is 0 Å². The molecule has 156 valence electrons. The minimum atomic E-state index is -1.09. The van der Waals surface area contributed by atoms with E-state index in [9.17, 15) is 9.59 Å². The van der Waals surface area contributed by atoms with E-state index in [-0.39, 0.29) is 0 Å². The zero-order chi connectivity index (χ0) is 21.7. The molecule has 0 aliphatic rings. The molecule has 0 bridgehead atoms. The number of hydrogen-bond acceptors (Lipinski definition) is 5. The zero-order valence-electron chi connectivity index (χ0n) is 17.5. The largest absolute Gasteiger partial charge is 0.495 e. The number of amides is 1. The lowest BCUT2D eigenvalue weighted by Crippen LogP contribution is -2.26. The van der Waals surface area contributed by atoms with Gasteiger partial charge in [-0.2, -0.15) is 0 Å². The number of methoxy groups -OCH3 is 1. The fourth-order valence-electron chi connectivity index (χ4n) is 3.16. The van der Waals surface area contributed by atoms with Crippen LogP contribution in [0.5, 0.6) is 5.75 Å². The van der Waals surface area contributed by atoms with E-state index >= 15 is 0 Å². The molecule has 1 heterocycles. The molecule has 1 amide bonds. The SMILES string of the molecule is CCc1sc(C(=O)O[C@H](C(=O)Nc2cc(C)ccc2OC)c2ccccc2)cc1C. The summed E-state index contributed by atoms with van der Waals surface area (Å²) in [5, 5.41) is 2.85. The quantitative estimate of drug-likeness (QED) is 0.512. The van der Waals surface area contributed by atoms with Gasteiger partial charge in [-0.25, -0.2) is 4.79 Å². The molecule has 0 aliphatic heterocycles. The van der Waals surface area contributed by atoms with Crippen LogP contribution in [0.3, 0.4) is 0 Å². The fraction of sp³-hybridized carbons (Fsp3) is 0.250. The van der Waals surface area contributed by atoms with Gasteiger partial charge in [0.2, 0.25) is 6.10 Å². The first-order valence-electron chi connectivity index (χ1n) is 9.73. The van der Waals surface area contributed by atoms with E-state index in [4.69, 9.17) is 9.47 Å². The van der Waals surface area contributed by atoms with Crippen LogP contribution in [0.1, 0.15) is 44.3 Å². The molecule has 0 fully saturated rings. The normalized spacial score (nSPS) is 11.6. The maximum absolute atomic E-state index is 13.1. The number of thiophene rings is 1. The molecule has 0 unspecified atom stereocenters. The van der Waals surface area contributed by atoms with Crippen LogP contribution in [0.2, 0.25) is 0 Å². The average Bonchev–Trinajstić information content (AvgIpc) is 3.13. The molecule has 1 atom stereocenters. The maximum Gasteiger partial charge on any atom is 0.349 e. The Kier molecular flexibility index (Phi) is 6.90. The minimum Gasteiger partial charge on any atom is -0.495 e. The number of ether oxygens (including phenoxy) is 2. The summed E-state index contributed by atoms with van der Waals surface area (Å²) < 4.78 is 11.0. The summed E-state index contributed by atoms with van der Waals surface area (Å²) in [4.78, 5) is 27.6. The Hall–Kier alpha value is -3.12. The van der Waals surface area contributed by atoms with Gasteiger partial charge in [0.25, 0.3) is 5.91 Å². The van der Waals surface area contributed by atoms with Gasteiger partial charge in [0.1, 0.15) is 10.6 Å². The monoisotopic (exact) mass is 423 g/mol. The Bertz CT molecular complexity index is 1040. The van der Waals surface area contributed by atoms with Gasteiger partial charge in [-0.3, -0.25) is 4.79 Å². The Morgan fingerprint density at radius 3 is 2.43 bits per heavy atom. The Morgan fingerprint density at radius 1 is 1.07 bits per heavy atom. The number of rotatable bonds is 7. The highest BCUT2D eigenvalue weighted by Crippen LogP contribution is 2.29. The molecule has 1 aromatic heterocycles. The average molecular weight is 424 g/mol. The molecular formula is C24H25NO4S. The Morgan fingerprint density at radius 2 is 1.80 bits per heavy atom. The van der Waals surface area contributed by atoms with Gasteiger partial charge >= 0.3 is 5.97 Å². The molecule has 0 spiro atoms. The van der Waals surface area contributed by atoms with Crippen molar-refractivity contribution in [1.82, 2.24) is 0 Å². The number of esters is 1. The molecule has 2 aromatic carbocycles. The summed E-state index contributed by atoms with van der Waals surface area (Å²) in [6, 6.07) is 16.3. The van der Waals surface area contributed by atoms with E-state index in [1.165, 1.54) is 11.3 Å². The number of hydrogen-bond donors (Lipinski definition) is 1. The van der Waals surface area contributed by atoms with Crippen molar-refractivity contribution in [2.75, 3.05) is 12.4 Å². The van der Waals surface area contributed by atoms with Gasteiger partial charge in [-0.1, -0.05) is 43.3 Å². The van der Waals surface area contributed by atoms with E-state index in [0.29, 0.717) is 21.9 Å². The summed E-state index contributed by atoms with van der Waals surface area (Å²) in [6.45, 7) is 5.94. The van der Waals surface area contributed by atoms with Crippen molar-refractivity contribution in [3.8, 4) is 5.75 Å². The molecule has 5 nitrogen and oxygen atoms in total. The molecule has 30 heavy (non-hydrogen) atoms. The van der Waals surface area contributed by atoms with E-state index in [1.807, 2.05) is 45.0 Å². The van der Waals surface area contributed by atoms with Gasteiger partial charge in [0.05, 0.1) is 12.8 Å². The molecule has 1 N–H and O–H groups in total. The zero-order valence-corrected chi connectivity index (χ0v) is 18.3. The fourth-order valence-corrected chi connectivity index (χ4v) is 4.15. The predicted octanol–water partition coefficient (Wildman–Crippen LogP) is 5.47. The molecule has 6 heteroatoms. The van der Waals surface area contributed by atoms with Crippen molar-refractivity contribution in [3.05, 3.63) is 81.0 Å². The predicted molar refractivity (Wildman–Crippen MR) is 119 cm³/mol. The molecule has 3 rings (SSSR count). The molecular weight excluding hydrogens is 398 g/mol. The minimum absolute atomic E-state index is 0.442. The molecule has 3 aromatic rings. The lowest BCUT2D eigenvalue weighted by molar-refractivity contribution is -0.125. The van der Waals surface area contributed by atoms with Crippen LogP contribution in [0.15, 0.2) is 54.6 Å². The van der Waals surface area contributed by atoms with Crippen LogP contribution in [0.4, 0.5) is 5.69 Å². The van der Waals surface area contributed by atoms with Crippen LogP contribution >= 0.6 is 11.3 Å².